The minimum Gasteiger partial charge on any atom is -0.478 e. The normalized spacial score (nSPS) is 11.9. The number of ether oxygens (including phenoxy) is 4. The van der Waals surface area contributed by atoms with Gasteiger partial charge >= 0.3 is 11.9 Å². The van der Waals surface area contributed by atoms with Crippen LogP contribution in [-0.4, -0.2) is 55.6 Å². The minimum absolute atomic E-state index is 0.0726. The van der Waals surface area contributed by atoms with Crippen LogP contribution in [0.4, 0.5) is 0 Å². The van der Waals surface area contributed by atoms with Crippen molar-refractivity contribution in [3.8, 4) is 17.6 Å². The van der Waals surface area contributed by atoms with E-state index in [-0.39, 0.29) is 36.0 Å². The highest BCUT2D eigenvalue weighted by molar-refractivity contribution is 6.42. The molecule has 0 amide bonds. The fraction of sp³-hybridized carbons (Fsp3) is 0.400. The van der Waals surface area contributed by atoms with Crippen LogP contribution in [0.25, 0.3) is 0 Å². The van der Waals surface area contributed by atoms with Crippen LogP contribution in [0.3, 0.4) is 0 Å². The van der Waals surface area contributed by atoms with Crippen LogP contribution in [0.2, 0.25) is 10.0 Å². The van der Waals surface area contributed by atoms with E-state index >= 15 is 0 Å². The van der Waals surface area contributed by atoms with E-state index in [1.807, 2.05) is 6.92 Å². The number of hydrogen-bond donors (Lipinski definition) is 1. The first-order valence-electron chi connectivity index (χ1n) is 8.83. The molecule has 0 saturated carbocycles. The van der Waals surface area contributed by atoms with Crippen molar-refractivity contribution < 1.29 is 33.6 Å². The van der Waals surface area contributed by atoms with Gasteiger partial charge in [-0.05, 0) is 25.1 Å². The number of carboxylic acids is 1. The van der Waals surface area contributed by atoms with Crippen LogP contribution >= 0.6 is 34.8 Å². The molecule has 0 bridgehead atoms. The van der Waals surface area contributed by atoms with E-state index in [1.165, 1.54) is 24.3 Å². The van der Waals surface area contributed by atoms with Crippen molar-refractivity contribution in [1.29, 1.82) is 0 Å². The van der Waals surface area contributed by atoms with Gasteiger partial charge in [-0.15, -0.1) is 0 Å². The maximum Gasteiger partial charge on any atom is 0.364 e. The molecular formula is C20H21Cl3O7. The lowest BCUT2D eigenvalue weighted by Gasteiger charge is -2.11. The van der Waals surface area contributed by atoms with Crippen molar-refractivity contribution >= 4 is 46.7 Å². The molecule has 0 aromatic heterocycles. The van der Waals surface area contributed by atoms with E-state index in [1.54, 1.807) is 0 Å². The van der Waals surface area contributed by atoms with Crippen LogP contribution in [0, 0.1) is 11.8 Å². The molecule has 7 nitrogen and oxygen atoms in total. The third-order valence-corrected chi connectivity index (χ3v) is 4.32. The number of halogens is 3. The number of hydrogen-bond acceptors (Lipinski definition) is 6. The van der Waals surface area contributed by atoms with Gasteiger partial charge in [0.2, 0.25) is 0 Å². The molecule has 0 radical (unpaired) electrons. The van der Waals surface area contributed by atoms with E-state index in [9.17, 15) is 9.59 Å². The predicted molar refractivity (Wildman–Crippen MR) is 113 cm³/mol. The van der Waals surface area contributed by atoms with Gasteiger partial charge in [-0.3, -0.25) is 0 Å². The van der Waals surface area contributed by atoms with Crippen molar-refractivity contribution in [3.05, 3.63) is 39.9 Å². The fourth-order valence-electron chi connectivity index (χ4n) is 1.86. The Morgan fingerprint density at radius 1 is 1.17 bits per heavy atom. The monoisotopic (exact) mass is 478 g/mol. The lowest BCUT2D eigenvalue weighted by Crippen LogP contribution is -2.23. The van der Waals surface area contributed by atoms with Crippen LogP contribution in [0.15, 0.2) is 29.8 Å². The third kappa shape index (κ3) is 10.7. The molecule has 1 unspecified atom stereocenters. The van der Waals surface area contributed by atoms with Gasteiger partial charge in [0, 0.05) is 24.7 Å². The summed E-state index contributed by atoms with van der Waals surface area (Å²) in [4.78, 5) is 23.0. The third-order valence-electron chi connectivity index (χ3n) is 3.32. The van der Waals surface area contributed by atoms with Crippen molar-refractivity contribution in [2.24, 2.45) is 0 Å². The molecule has 10 heteroatoms. The number of carbonyl (C=O) groups is 2. The Balaban J connectivity index is 2.41. The molecule has 0 heterocycles. The molecule has 1 aromatic carbocycles. The Kier molecular flexibility index (Phi) is 13.0. The molecule has 0 aliphatic carbocycles. The van der Waals surface area contributed by atoms with Gasteiger partial charge in [0.05, 0.1) is 29.9 Å². The smallest absolute Gasteiger partial charge is 0.364 e. The summed E-state index contributed by atoms with van der Waals surface area (Å²) in [6, 6.07) is 4.40. The maximum absolute atomic E-state index is 11.8. The van der Waals surface area contributed by atoms with Gasteiger partial charge in [-0.2, -0.15) is 0 Å². The number of allylic oxidation sites excluding steroid dienone is 1. The zero-order chi connectivity index (χ0) is 22.4. The van der Waals surface area contributed by atoms with Crippen molar-refractivity contribution in [2.45, 2.75) is 18.9 Å². The van der Waals surface area contributed by atoms with Gasteiger partial charge in [-0.25, -0.2) is 9.59 Å². The summed E-state index contributed by atoms with van der Waals surface area (Å²) in [5, 5.41) is 9.74. The Bertz CT molecular complexity index is 799. The number of esters is 1. The van der Waals surface area contributed by atoms with Gasteiger partial charge in [0.15, 0.2) is 6.61 Å². The van der Waals surface area contributed by atoms with E-state index < -0.39 is 17.5 Å². The average Bonchev–Trinajstić information content (AvgIpc) is 2.71. The number of carboxylic acid groups (broad SMARTS) is 1. The van der Waals surface area contributed by atoms with Crippen molar-refractivity contribution in [1.82, 2.24) is 0 Å². The molecular weight excluding hydrogens is 459 g/mol. The van der Waals surface area contributed by atoms with Crippen molar-refractivity contribution in [3.63, 3.8) is 0 Å². The highest BCUT2D eigenvalue weighted by Gasteiger charge is 2.19. The predicted octanol–water partition coefficient (Wildman–Crippen LogP) is 3.94. The molecule has 0 saturated heterocycles. The quantitative estimate of drug-likeness (QED) is 0.160. The SMILES string of the molecule is CCOCCOCCC(=CC#CCOC(=O)C(Cl)Oc1ccc(Cl)c(Cl)c1)C(=O)O. The summed E-state index contributed by atoms with van der Waals surface area (Å²) in [6.45, 7) is 3.23. The van der Waals surface area contributed by atoms with Crippen LogP contribution in [0.5, 0.6) is 5.75 Å². The zero-order valence-electron chi connectivity index (χ0n) is 16.2. The topological polar surface area (TPSA) is 91.3 Å². The first kappa shape index (κ1) is 26.1. The Labute approximate surface area is 189 Å². The maximum atomic E-state index is 11.8. The van der Waals surface area contributed by atoms with Gasteiger partial charge in [0.25, 0.3) is 5.56 Å². The number of benzene rings is 1. The molecule has 0 aliphatic heterocycles. The first-order chi connectivity index (χ1) is 14.3. The Hall–Kier alpha value is -1.95. The first-order valence-corrected chi connectivity index (χ1v) is 10.0. The highest BCUT2D eigenvalue weighted by Crippen LogP contribution is 2.27. The molecule has 0 fully saturated rings. The van der Waals surface area contributed by atoms with E-state index in [0.717, 1.165) is 0 Å². The second-order valence-corrected chi connectivity index (χ2v) is 6.68. The van der Waals surface area contributed by atoms with Gasteiger partial charge < -0.3 is 24.1 Å². The number of aliphatic carboxylic acids is 1. The molecule has 1 N–H and O–H groups in total. The average molecular weight is 480 g/mol. The van der Waals surface area contributed by atoms with Gasteiger partial charge in [-0.1, -0.05) is 46.6 Å². The van der Waals surface area contributed by atoms with Crippen LogP contribution in [-0.2, 0) is 23.8 Å². The van der Waals surface area contributed by atoms with Crippen LogP contribution < -0.4 is 4.74 Å². The summed E-state index contributed by atoms with van der Waals surface area (Å²) >= 11 is 17.5. The minimum atomic E-state index is -1.41. The Morgan fingerprint density at radius 2 is 1.90 bits per heavy atom. The zero-order valence-corrected chi connectivity index (χ0v) is 18.4. The van der Waals surface area contributed by atoms with Crippen LogP contribution in [0.1, 0.15) is 13.3 Å². The van der Waals surface area contributed by atoms with Crippen molar-refractivity contribution in [2.75, 3.05) is 33.0 Å². The van der Waals surface area contributed by atoms with E-state index in [4.69, 9.17) is 58.9 Å². The lowest BCUT2D eigenvalue weighted by atomic mass is 10.2. The molecule has 1 aromatic rings. The summed E-state index contributed by atoms with van der Waals surface area (Å²) < 4.78 is 20.5. The fourth-order valence-corrected chi connectivity index (χ4v) is 2.31. The van der Waals surface area contributed by atoms with Gasteiger partial charge in [0.1, 0.15) is 5.75 Å². The molecule has 30 heavy (non-hydrogen) atoms. The summed E-state index contributed by atoms with van der Waals surface area (Å²) in [7, 11) is 0. The number of alkyl halides is 1. The van der Waals surface area contributed by atoms with E-state index in [0.29, 0.717) is 24.8 Å². The number of carbonyl (C=O) groups excluding carboxylic acids is 1. The molecule has 164 valence electrons. The molecule has 1 atom stereocenters. The summed E-state index contributed by atoms with van der Waals surface area (Å²) in [5.74, 6) is 3.30. The lowest BCUT2D eigenvalue weighted by molar-refractivity contribution is -0.146. The molecule has 0 aliphatic rings. The highest BCUT2D eigenvalue weighted by atomic mass is 35.5. The molecule has 1 rings (SSSR count). The standard InChI is InChI=1S/C20H21Cl3O7/c1-2-27-11-12-28-10-8-14(19(24)25)5-3-4-9-29-20(26)18(23)30-15-6-7-16(21)17(22)13-15/h5-7,13,18H,2,8-12H2,1H3,(H,24,25). The van der Waals surface area contributed by atoms with E-state index in [2.05, 4.69) is 11.8 Å². The second-order valence-electron chi connectivity index (χ2n) is 5.47. The largest absolute Gasteiger partial charge is 0.478 e. The summed E-state index contributed by atoms with van der Waals surface area (Å²) in [5.41, 5.74) is -1.34. The molecule has 0 spiro atoms. The summed E-state index contributed by atoms with van der Waals surface area (Å²) in [6.07, 6.45) is 1.41. The number of rotatable bonds is 12. The Morgan fingerprint density at radius 3 is 2.57 bits per heavy atom. The second kappa shape index (κ2) is 14.9.